The standard InChI is InChI=1S/C5H4N.2C2H5.Ni/c1-2-4-6-5-3-1;2*1-2;/h1-4H;2*1H2,2H3;/q3*-1;+3. The second-order valence-electron chi connectivity index (χ2n) is 0.959. The molecular formula is C9H14NNi. The number of hydrogen-bond donors (Lipinski definition) is 0. The maximum absolute atomic E-state index is 3.66. The Hall–Kier alpha value is -0.356. The van der Waals surface area contributed by atoms with Crippen molar-refractivity contribution in [1.29, 1.82) is 0 Å². The van der Waals surface area contributed by atoms with Gasteiger partial charge in [0.2, 0.25) is 0 Å². The van der Waals surface area contributed by atoms with E-state index in [1.807, 2.05) is 12.1 Å². The third-order valence-corrected chi connectivity index (χ3v) is 0.517. The topological polar surface area (TPSA) is 12.9 Å². The number of pyridine rings is 1. The summed E-state index contributed by atoms with van der Waals surface area (Å²) in [6.07, 6.45) is 4.34. The van der Waals surface area contributed by atoms with Gasteiger partial charge < -0.3 is 18.8 Å². The van der Waals surface area contributed by atoms with Crippen LogP contribution < -0.4 is 0 Å². The smallest absolute Gasteiger partial charge is 0.394 e. The molecule has 0 aliphatic carbocycles. The molecule has 0 atom stereocenters. The van der Waals surface area contributed by atoms with E-state index in [2.05, 4.69) is 25.0 Å². The van der Waals surface area contributed by atoms with Crippen LogP contribution in [0.2, 0.25) is 0 Å². The van der Waals surface area contributed by atoms with Gasteiger partial charge in [0.25, 0.3) is 0 Å². The number of nitrogens with zero attached hydrogens (tertiary/aromatic N) is 1. The van der Waals surface area contributed by atoms with E-state index in [4.69, 9.17) is 0 Å². The molecular weight excluding hydrogens is 181 g/mol. The van der Waals surface area contributed by atoms with Crippen molar-refractivity contribution < 1.29 is 16.5 Å². The van der Waals surface area contributed by atoms with Gasteiger partial charge in [0.05, 0.1) is 0 Å². The van der Waals surface area contributed by atoms with Crippen molar-refractivity contribution in [1.82, 2.24) is 4.98 Å². The van der Waals surface area contributed by atoms with Crippen LogP contribution in [0.25, 0.3) is 0 Å². The first-order valence-electron chi connectivity index (χ1n) is 3.18. The molecule has 0 aliphatic rings. The molecule has 0 saturated carbocycles. The van der Waals surface area contributed by atoms with Crippen molar-refractivity contribution in [2.75, 3.05) is 0 Å². The zero-order chi connectivity index (χ0) is 8.24. The van der Waals surface area contributed by atoms with Crippen LogP contribution in [0.1, 0.15) is 13.8 Å². The van der Waals surface area contributed by atoms with Crippen LogP contribution in [0.5, 0.6) is 0 Å². The molecule has 1 aromatic heterocycles. The quantitative estimate of drug-likeness (QED) is 0.457. The van der Waals surface area contributed by atoms with E-state index in [1.165, 1.54) is 0 Å². The predicted molar refractivity (Wildman–Crippen MR) is 45.1 cm³/mol. The molecule has 1 heterocycles. The molecule has 11 heavy (non-hydrogen) atoms. The van der Waals surface area contributed by atoms with Gasteiger partial charge in [-0.05, 0) is 0 Å². The monoisotopic (exact) mass is 194 g/mol. The first-order valence-corrected chi connectivity index (χ1v) is 3.18. The molecule has 0 fully saturated rings. The molecule has 1 radical (unpaired) electrons. The van der Waals surface area contributed by atoms with Gasteiger partial charge in [0.15, 0.2) is 0 Å². The maximum Gasteiger partial charge on any atom is 3.00 e. The molecule has 0 saturated heterocycles. The fourth-order valence-electron chi connectivity index (χ4n) is 0.277. The van der Waals surface area contributed by atoms with Crippen LogP contribution in [-0.4, -0.2) is 4.98 Å². The van der Waals surface area contributed by atoms with Gasteiger partial charge in [0, 0.05) is 0 Å². The van der Waals surface area contributed by atoms with Gasteiger partial charge in [-0.25, -0.2) is 0 Å². The third-order valence-electron chi connectivity index (χ3n) is 0.517. The van der Waals surface area contributed by atoms with E-state index in [1.54, 1.807) is 26.1 Å². The Bertz CT molecular complexity index is 81.5. The summed E-state index contributed by atoms with van der Waals surface area (Å²) in [6, 6.07) is 5.50. The summed E-state index contributed by atoms with van der Waals surface area (Å²) in [6.45, 7) is 10.0. The summed E-state index contributed by atoms with van der Waals surface area (Å²) in [5, 5.41) is 0. The number of rotatable bonds is 0. The fraction of sp³-hybridized carbons (Fsp3) is 0.222. The average molecular weight is 195 g/mol. The van der Waals surface area contributed by atoms with Crippen molar-refractivity contribution in [3.05, 3.63) is 44.4 Å². The zero-order valence-corrected chi connectivity index (χ0v) is 7.97. The van der Waals surface area contributed by atoms with Gasteiger partial charge in [-0.15, -0.1) is 0 Å². The predicted octanol–water partition coefficient (Wildman–Crippen LogP) is 2.56. The molecule has 0 bridgehead atoms. The van der Waals surface area contributed by atoms with Crippen molar-refractivity contribution >= 4 is 0 Å². The molecule has 0 aliphatic heterocycles. The summed E-state index contributed by atoms with van der Waals surface area (Å²) in [4.78, 5) is 3.66. The average Bonchev–Trinajstić information content (AvgIpc) is 2.14. The van der Waals surface area contributed by atoms with Crippen LogP contribution in [0.4, 0.5) is 0 Å². The maximum atomic E-state index is 3.66. The van der Waals surface area contributed by atoms with E-state index in [0.29, 0.717) is 0 Å². The van der Waals surface area contributed by atoms with Crippen molar-refractivity contribution in [3.8, 4) is 0 Å². The fourth-order valence-corrected chi connectivity index (χ4v) is 0.277. The molecule has 65 valence electrons. The summed E-state index contributed by atoms with van der Waals surface area (Å²) >= 11 is 0. The van der Waals surface area contributed by atoms with E-state index >= 15 is 0 Å². The largest absolute Gasteiger partial charge is 3.00 e. The normalized spacial score (nSPS) is 5.45. The van der Waals surface area contributed by atoms with Gasteiger partial charge in [0.1, 0.15) is 0 Å². The summed E-state index contributed by atoms with van der Waals surface area (Å²) < 4.78 is 0. The second kappa shape index (κ2) is 22.6. The Morgan fingerprint density at radius 1 is 1.09 bits per heavy atom. The molecule has 0 N–H and O–H groups in total. The number of aromatic nitrogens is 1. The van der Waals surface area contributed by atoms with Crippen LogP contribution in [0.3, 0.4) is 0 Å². The first kappa shape index (κ1) is 16.9. The van der Waals surface area contributed by atoms with Gasteiger partial charge in [-0.1, -0.05) is 12.4 Å². The number of hydrogen-bond acceptors (Lipinski definition) is 1. The minimum absolute atomic E-state index is 0. The minimum atomic E-state index is 0. The van der Waals surface area contributed by atoms with Gasteiger partial charge in [-0.3, -0.25) is 0 Å². The molecule has 0 spiro atoms. The van der Waals surface area contributed by atoms with Crippen LogP contribution in [0.15, 0.2) is 24.4 Å². The Kier molecular flexibility index (Phi) is 34.8. The van der Waals surface area contributed by atoms with Crippen molar-refractivity contribution in [2.24, 2.45) is 0 Å². The zero-order valence-electron chi connectivity index (χ0n) is 6.99. The molecule has 0 aromatic carbocycles. The molecule has 1 aromatic rings. The Labute approximate surface area is 80.2 Å². The van der Waals surface area contributed by atoms with Crippen LogP contribution in [0, 0.1) is 20.0 Å². The molecule has 0 amide bonds. The first-order chi connectivity index (χ1) is 5.00. The van der Waals surface area contributed by atoms with Crippen LogP contribution >= 0.6 is 0 Å². The Morgan fingerprint density at radius 2 is 1.64 bits per heavy atom. The van der Waals surface area contributed by atoms with E-state index in [9.17, 15) is 0 Å². The third kappa shape index (κ3) is 17.7. The van der Waals surface area contributed by atoms with Crippen molar-refractivity contribution in [3.63, 3.8) is 0 Å². The SMILES string of the molecule is [CH2-]C.[CH2-]C.[Ni+3].[c-]1ccccn1. The summed E-state index contributed by atoms with van der Waals surface area (Å²) in [5.41, 5.74) is 0. The van der Waals surface area contributed by atoms with E-state index in [0.717, 1.165) is 0 Å². The van der Waals surface area contributed by atoms with Crippen LogP contribution in [-0.2, 0) is 16.5 Å². The van der Waals surface area contributed by atoms with E-state index in [-0.39, 0.29) is 16.5 Å². The Balaban J connectivity index is -0.000000114. The van der Waals surface area contributed by atoms with Crippen molar-refractivity contribution in [2.45, 2.75) is 13.8 Å². The Morgan fingerprint density at radius 3 is 1.73 bits per heavy atom. The molecule has 2 heteroatoms. The van der Waals surface area contributed by atoms with Gasteiger partial charge in [-0.2, -0.15) is 32.0 Å². The minimum Gasteiger partial charge on any atom is -0.394 e. The summed E-state index contributed by atoms with van der Waals surface area (Å²) in [7, 11) is 0. The second-order valence-corrected chi connectivity index (χ2v) is 0.959. The molecule has 1 rings (SSSR count). The van der Waals surface area contributed by atoms with Gasteiger partial charge >= 0.3 is 16.5 Å². The molecule has 1 nitrogen and oxygen atoms in total. The summed E-state index contributed by atoms with van der Waals surface area (Å²) in [5.74, 6) is 0. The van der Waals surface area contributed by atoms with E-state index < -0.39 is 0 Å². The molecule has 0 unspecified atom stereocenters.